The van der Waals surface area contributed by atoms with Crippen LogP contribution in [0.25, 0.3) is 0 Å². The Morgan fingerprint density at radius 3 is 2.94 bits per heavy atom. The number of hydrogen-bond acceptors (Lipinski definition) is 3. The van der Waals surface area contributed by atoms with Crippen LogP contribution in [0.1, 0.15) is 24.5 Å². The molecule has 4 nitrogen and oxygen atoms in total. The fourth-order valence-corrected chi connectivity index (χ4v) is 1.55. The normalized spacial score (nSPS) is 12.2. The molecule has 0 radical (unpaired) electrons. The van der Waals surface area contributed by atoms with Crippen molar-refractivity contribution in [3.63, 3.8) is 0 Å². The summed E-state index contributed by atoms with van der Waals surface area (Å²) in [6.45, 7) is 3.63. The van der Waals surface area contributed by atoms with Crippen LogP contribution in [0.5, 0.6) is 0 Å². The van der Waals surface area contributed by atoms with Crippen molar-refractivity contribution in [2.24, 2.45) is 10.9 Å². The maximum atomic E-state index is 8.69. The van der Waals surface area contributed by atoms with Crippen molar-refractivity contribution in [2.45, 2.75) is 19.9 Å². The fraction of sp³-hybridized carbons (Fsp3) is 0.308. The summed E-state index contributed by atoms with van der Waals surface area (Å²) in [6.07, 6.45) is 5.15. The largest absolute Gasteiger partial charge is 0.409 e. The molecule has 0 atom stereocenters. The maximum absolute atomic E-state index is 8.69. The Balaban J connectivity index is 2.58. The van der Waals surface area contributed by atoms with Crippen molar-refractivity contribution < 1.29 is 5.21 Å². The SMILES string of the molecule is C/C=C/CCNCc1ccccc1/C(N)=N/O. The smallest absolute Gasteiger partial charge is 0.170 e. The van der Waals surface area contributed by atoms with Crippen molar-refractivity contribution in [1.82, 2.24) is 5.32 Å². The highest BCUT2D eigenvalue weighted by Gasteiger charge is 2.04. The lowest BCUT2D eigenvalue weighted by molar-refractivity contribution is 0.318. The standard InChI is InChI=1S/C13H19N3O/c1-2-3-6-9-15-10-11-7-4-5-8-12(11)13(14)16-17/h2-5,7-8,15,17H,6,9-10H2,1H3,(H2,14,16)/b3-2+. The summed E-state index contributed by atoms with van der Waals surface area (Å²) in [7, 11) is 0. The zero-order chi connectivity index (χ0) is 12.5. The van der Waals surface area contributed by atoms with Gasteiger partial charge in [-0.1, -0.05) is 41.6 Å². The van der Waals surface area contributed by atoms with Gasteiger partial charge in [0.2, 0.25) is 0 Å². The van der Waals surface area contributed by atoms with Gasteiger partial charge in [0, 0.05) is 12.1 Å². The van der Waals surface area contributed by atoms with Crippen LogP contribution >= 0.6 is 0 Å². The average Bonchev–Trinajstić information content (AvgIpc) is 2.38. The van der Waals surface area contributed by atoms with E-state index in [4.69, 9.17) is 10.9 Å². The summed E-state index contributed by atoms with van der Waals surface area (Å²) in [4.78, 5) is 0. The first kappa shape index (κ1) is 13.3. The number of nitrogens with one attached hydrogen (secondary N) is 1. The van der Waals surface area contributed by atoms with Crippen LogP contribution in [-0.2, 0) is 6.54 Å². The van der Waals surface area contributed by atoms with E-state index in [1.807, 2.05) is 37.3 Å². The summed E-state index contributed by atoms with van der Waals surface area (Å²) >= 11 is 0. The van der Waals surface area contributed by atoms with Crippen molar-refractivity contribution in [1.29, 1.82) is 0 Å². The monoisotopic (exact) mass is 233 g/mol. The Morgan fingerprint density at radius 1 is 1.47 bits per heavy atom. The highest BCUT2D eigenvalue weighted by Crippen LogP contribution is 2.08. The van der Waals surface area contributed by atoms with Crippen LogP contribution in [0, 0.1) is 0 Å². The molecule has 1 aromatic rings. The molecule has 0 saturated heterocycles. The third kappa shape index (κ3) is 4.28. The van der Waals surface area contributed by atoms with Gasteiger partial charge < -0.3 is 16.3 Å². The predicted molar refractivity (Wildman–Crippen MR) is 70.1 cm³/mol. The molecule has 0 saturated carbocycles. The third-order valence-electron chi connectivity index (χ3n) is 2.44. The molecule has 0 aliphatic heterocycles. The van der Waals surface area contributed by atoms with Crippen LogP contribution in [0.2, 0.25) is 0 Å². The quantitative estimate of drug-likeness (QED) is 0.175. The summed E-state index contributed by atoms with van der Waals surface area (Å²) in [5, 5.41) is 15.0. The second-order valence-electron chi connectivity index (χ2n) is 3.68. The lowest BCUT2D eigenvalue weighted by Crippen LogP contribution is -2.20. The van der Waals surface area contributed by atoms with Crippen LogP contribution < -0.4 is 11.1 Å². The number of benzene rings is 1. The van der Waals surface area contributed by atoms with E-state index in [1.54, 1.807) is 0 Å². The molecular formula is C13H19N3O. The first-order valence-electron chi connectivity index (χ1n) is 5.67. The lowest BCUT2D eigenvalue weighted by atomic mass is 10.1. The minimum atomic E-state index is 0.149. The maximum Gasteiger partial charge on any atom is 0.170 e. The van der Waals surface area contributed by atoms with Gasteiger partial charge in [-0.3, -0.25) is 0 Å². The predicted octanol–water partition coefficient (Wildman–Crippen LogP) is 1.84. The molecule has 92 valence electrons. The number of amidine groups is 1. The van der Waals surface area contributed by atoms with E-state index in [0.717, 1.165) is 24.1 Å². The van der Waals surface area contributed by atoms with E-state index in [2.05, 4.69) is 16.5 Å². The first-order chi connectivity index (χ1) is 8.29. The van der Waals surface area contributed by atoms with Crippen LogP contribution in [0.3, 0.4) is 0 Å². The van der Waals surface area contributed by atoms with Crippen LogP contribution in [0.4, 0.5) is 0 Å². The molecule has 17 heavy (non-hydrogen) atoms. The number of nitrogens with zero attached hydrogens (tertiary/aromatic N) is 1. The zero-order valence-corrected chi connectivity index (χ0v) is 10.1. The molecule has 0 aromatic heterocycles. The molecule has 0 amide bonds. The summed E-state index contributed by atoms with van der Waals surface area (Å²) in [5.41, 5.74) is 7.41. The highest BCUT2D eigenvalue weighted by molar-refractivity contribution is 5.98. The van der Waals surface area contributed by atoms with Crippen LogP contribution in [-0.4, -0.2) is 17.6 Å². The number of nitrogens with two attached hydrogens (primary N) is 1. The molecule has 0 spiro atoms. The van der Waals surface area contributed by atoms with E-state index in [0.29, 0.717) is 6.54 Å². The van der Waals surface area contributed by atoms with Gasteiger partial charge in [-0.2, -0.15) is 0 Å². The van der Waals surface area contributed by atoms with Crippen molar-refractivity contribution >= 4 is 5.84 Å². The van der Waals surface area contributed by atoms with E-state index < -0.39 is 0 Å². The second kappa shape index (κ2) is 7.46. The van der Waals surface area contributed by atoms with Gasteiger partial charge in [-0.25, -0.2) is 0 Å². The van der Waals surface area contributed by atoms with Gasteiger partial charge in [0.15, 0.2) is 5.84 Å². The lowest BCUT2D eigenvalue weighted by Gasteiger charge is -2.08. The minimum Gasteiger partial charge on any atom is -0.409 e. The Morgan fingerprint density at radius 2 is 2.24 bits per heavy atom. The topological polar surface area (TPSA) is 70.6 Å². The number of rotatable bonds is 6. The molecule has 1 rings (SSSR count). The fourth-order valence-electron chi connectivity index (χ4n) is 1.55. The first-order valence-corrected chi connectivity index (χ1v) is 5.67. The van der Waals surface area contributed by atoms with Gasteiger partial charge in [0.25, 0.3) is 0 Å². The van der Waals surface area contributed by atoms with Crippen molar-refractivity contribution in [3.8, 4) is 0 Å². The Kier molecular flexibility index (Phi) is 5.82. The molecule has 0 aliphatic rings. The molecule has 0 bridgehead atoms. The van der Waals surface area contributed by atoms with E-state index in [9.17, 15) is 0 Å². The van der Waals surface area contributed by atoms with Gasteiger partial charge in [-0.15, -0.1) is 0 Å². The number of hydrogen-bond donors (Lipinski definition) is 3. The Bertz CT molecular complexity index is 399. The van der Waals surface area contributed by atoms with Crippen molar-refractivity contribution in [3.05, 3.63) is 47.5 Å². The van der Waals surface area contributed by atoms with Gasteiger partial charge >= 0.3 is 0 Å². The second-order valence-corrected chi connectivity index (χ2v) is 3.68. The molecule has 0 heterocycles. The zero-order valence-electron chi connectivity index (χ0n) is 10.1. The van der Waals surface area contributed by atoms with Gasteiger partial charge in [-0.05, 0) is 25.5 Å². The molecular weight excluding hydrogens is 214 g/mol. The van der Waals surface area contributed by atoms with E-state index in [1.165, 1.54) is 0 Å². The summed E-state index contributed by atoms with van der Waals surface area (Å²) in [6, 6.07) is 7.63. The molecule has 1 aromatic carbocycles. The molecule has 0 aliphatic carbocycles. The number of allylic oxidation sites excluding steroid dienone is 1. The average molecular weight is 233 g/mol. The minimum absolute atomic E-state index is 0.149. The number of oxime groups is 1. The Hall–Kier alpha value is -1.81. The van der Waals surface area contributed by atoms with E-state index in [-0.39, 0.29) is 5.84 Å². The summed E-state index contributed by atoms with van der Waals surface area (Å²) < 4.78 is 0. The summed E-state index contributed by atoms with van der Waals surface area (Å²) in [5.74, 6) is 0.149. The third-order valence-corrected chi connectivity index (χ3v) is 2.44. The Labute approximate surface area is 102 Å². The molecule has 4 heteroatoms. The van der Waals surface area contributed by atoms with Gasteiger partial charge in [0.05, 0.1) is 0 Å². The van der Waals surface area contributed by atoms with E-state index >= 15 is 0 Å². The van der Waals surface area contributed by atoms with Gasteiger partial charge in [0.1, 0.15) is 0 Å². The molecule has 4 N–H and O–H groups in total. The molecule has 0 unspecified atom stereocenters. The van der Waals surface area contributed by atoms with Crippen molar-refractivity contribution in [2.75, 3.05) is 6.54 Å². The molecule has 0 fully saturated rings. The highest BCUT2D eigenvalue weighted by atomic mass is 16.4. The van der Waals surface area contributed by atoms with Crippen LogP contribution in [0.15, 0.2) is 41.6 Å².